The van der Waals surface area contributed by atoms with Crippen LogP contribution in [-0.4, -0.2) is 22.6 Å². The molecule has 3 nitrogen and oxygen atoms in total. The summed E-state index contributed by atoms with van der Waals surface area (Å²) in [7, 11) is 0. The van der Waals surface area contributed by atoms with E-state index in [1.165, 1.54) is 10.4 Å². The van der Waals surface area contributed by atoms with Gasteiger partial charge in [-0.1, -0.05) is 13.8 Å². The van der Waals surface area contributed by atoms with Crippen molar-refractivity contribution in [3.63, 3.8) is 0 Å². The highest BCUT2D eigenvalue weighted by atomic mass is 32.1. The molecular weight excluding hydrogens is 230 g/mol. The lowest BCUT2D eigenvalue weighted by molar-refractivity contribution is 0.584. The highest BCUT2D eigenvalue weighted by Crippen LogP contribution is 2.27. The van der Waals surface area contributed by atoms with Gasteiger partial charge in [-0.05, 0) is 23.9 Å². The maximum Gasteiger partial charge on any atom is 0.107 e. The molecule has 0 bridgehead atoms. The predicted octanol–water partition coefficient (Wildman–Crippen LogP) is 2.99. The third kappa shape index (κ3) is 3.17. The summed E-state index contributed by atoms with van der Waals surface area (Å²) in [5, 5.41) is 5.51. The van der Waals surface area contributed by atoms with Crippen molar-refractivity contribution >= 4 is 11.3 Å². The maximum absolute atomic E-state index is 4.42. The van der Waals surface area contributed by atoms with Crippen molar-refractivity contribution in [1.82, 2.24) is 15.3 Å². The van der Waals surface area contributed by atoms with Crippen molar-refractivity contribution < 1.29 is 0 Å². The fourth-order valence-corrected chi connectivity index (χ4v) is 2.63. The number of nitrogens with one attached hydrogen (secondary N) is 2. The van der Waals surface area contributed by atoms with Crippen LogP contribution in [0.3, 0.4) is 0 Å². The van der Waals surface area contributed by atoms with E-state index in [1.54, 1.807) is 11.3 Å². The van der Waals surface area contributed by atoms with Crippen molar-refractivity contribution in [2.24, 2.45) is 0 Å². The minimum atomic E-state index is 0.531. The number of aromatic amines is 1. The zero-order chi connectivity index (χ0) is 12.3. The highest BCUT2D eigenvalue weighted by molar-refractivity contribution is 7.13. The molecular formula is C13H19N3S. The van der Waals surface area contributed by atoms with E-state index in [4.69, 9.17) is 0 Å². The van der Waals surface area contributed by atoms with Crippen molar-refractivity contribution in [3.8, 4) is 10.6 Å². The minimum Gasteiger partial charge on any atom is -0.341 e. The zero-order valence-electron chi connectivity index (χ0n) is 10.6. The van der Waals surface area contributed by atoms with Crippen LogP contribution in [0.25, 0.3) is 10.6 Å². The topological polar surface area (TPSA) is 40.7 Å². The first kappa shape index (κ1) is 12.3. The molecule has 0 spiro atoms. The monoisotopic (exact) mass is 249 g/mol. The smallest absolute Gasteiger partial charge is 0.107 e. The lowest BCUT2D eigenvalue weighted by atomic mass is 10.2. The summed E-state index contributed by atoms with van der Waals surface area (Å²) in [6.45, 7) is 7.41. The van der Waals surface area contributed by atoms with Crippen LogP contribution in [0.2, 0.25) is 0 Å². The quantitative estimate of drug-likeness (QED) is 0.855. The lowest BCUT2D eigenvalue weighted by Crippen LogP contribution is -2.25. The fourth-order valence-electron chi connectivity index (χ4n) is 1.73. The second-order valence-electron chi connectivity index (χ2n) is 4.54. The van der Waals surface area contributed by atoms with Crippen LogP contribution in [0, 0.1) is 6.92 Å². The highest BCUT2D eigenvalue weighted by Gasteiger charge is 2.07. The van der Waals surface area contributed by atoms with Gasteiger partial charge in [0.15, 0.2) is 0 Å². The molecule has 17 heavy (non-hydrogen) atoms. The number of hydrogen-bond donors (Lipinski definition) is 2. The van der Waals surface area contributed by atoms with Crippen LogP contribution >= 0.6 is 11.3 Å². The lowest BCUT2D eigenvalue weighted by Gasteiger charge is -2.05. The Kier molecular flexibility index (Phi) is 3.97. The van der Waals surface area contributed by atoms with Gasteiger partial charge in [-0.3, -0.25) is 0 Å². The molecule has 2 N–H and O–H groups in total. The van der Waals surface area contributed by atoms with Gasteiger partial charge in [-0.15, -0.1) is 11.3 Å². The summed E-state index contributed by atoms with van der Waals surface area (Å²) in [6.07, 6.45) is 2.88. The molecule has 0 unspecified atom stereocenters. The largest absolute Gasteiger partial charge is 0.341 e. The number of rotatable bonds is 5. The number of thiophene rings is 1. The van der Waals surface area contributed by atoms with Gasteiger partial charge >= 0.3 is 0 Å². The number of nitrogens with zero attached hydrogens (tertiary/aromatic N) is 1. The molecule has 92 valence electrons. The van der Waals surface area contributed by atoms with Crippen LogP contribution in [0.5, 0.6) is 0 Å². The summed E-state index contributed by atoms with van der Waals surface area (Å²) in [4.78, 5) is 9.10. The van der Waals surface area contributed by atoms with Gasteiger partial charge in [0.2, 0.25) is 0 Å². The molecule has 0 aliphatic carbocycles. The van der Waals surface area contributed by atoms with Gasteiger partial charge in [0.25, 0.3) is 0 Å². The Morgan fingerprint density at radius 3 is 2.94 bits per heavy atom. The summed E-state index contributed by atoms with van der Waals surface area (Å²) in [5.41, 5.74) is 2.45. The third-order valence-electron chi connectivity index (χ3n) is 2.65. The van der Waals surface area contributed by atoms with E-state index in [1.807, 2.05) is 6.20 Å². The molecule has 4 heteroatoms. The molecule has 0 aliphatic rings. The molecule has 0 amide bonds. The Labute approximate surface area is 106 Å². The Morgan fingerprint density at radius 1 is 1.47 bits per heavy atom. The Morgan fingerprint density at radius 2 is 2.29 bits per heavy atom. The van der Waals surface area contributed by atoms with Gasteiger partial charge in [0.05, 0.1) is 16.8 Å². The summed E-state index contributed by atoms with van der Waals surface area (Å²) in [6, 6.07) is 2.67. The van der Waals surface area contributed by atoms with Crippen molar-refractivity contribution in [2.75, 3.05) is 6.54 Å². The Bertz CT molecular complexity index is 470. The van der Waals surface area contributed by atoms with Crippen molar-refractivity contribution in [1.29, 1.82) is 0 Å². The molecule has 0 aliphatic heterocycles. The van der Waals surface area contributed by atoms with Gasteiger partial charge in [0.1, 0.15) is 5.82 Å². The Balaban J connectivity index is 1.99. The van der Waals surface area contributed by atoms with Crippen molar-refractivity contribution in [2.45, 2.75) is 33.2 Å². The van der Waals surface area contributed by atoms with Crippen LogP contribution in [0.15, 0.2) is 17.6 Å². The average Bonchev–Trinajstić information content (AvgIpc) is 2.86. The molecule has 2 rings (SSSR count). The molecule has 0 aromatic carbocycles. The van der Waals surface area contributed by atoms with Crippen LogP contribution in [-0.2, 0) is 6.42 Å². The molecule has 0 saturated heterocycles. The second-order valence-corrected chi connectivity index (χ2v) is 5.45. The zero-order valence-corrected chi connectivity index (χ0v) is 11.4. The number of hydrogen-bond acceptors (Lipinski definition) is 3. The van der Waals surface area contributed by atoms with E-state index >= 15 is 0 Å². The molecule has 0 atom stereocenters. The van der Waals surface area contributed by atoms with Gasteiger partial charge in [-0.25, -0.2) is 4.98 Å². The van der Waals surface area contributed by atoms with Crippen LogP contribution in [0.4, 0.5) is 0 Å². The van der Waals surface area contributed by atoms with Gasteiger partial charge in [-0.2, -0.15) is 0 Å². The molecule has 2 aromatic heterocycles. The summed E-state index contributed by atoms with van der Waals surface area (Å²) >= 11 is 1.76. The number of aromatic nitrogens is 2. The van der Waals surface area contributed by atoms with Gasteiger partial charge < -0.3 is 10.3 Å². The van der Waals surface area contributed by atoms with E-state index in [2.05, 4.69) is 47.5 Å². The standard InChI is InChI=1S/C13H19N3S/c1-9(2)14-6-4-12-15-8-11(16-12)13-10(3)5-7-17-13/h5,7-9,14H,4,6H2,1-3H3,(H,15,16). The van der Waals surface area contributed by atoms with Crippen molar-refractivity contribution in [3.05, 3.63) is 29.0 Å². The van der Waals surface area contributed by atoms with Gasteiger partial charge in [0, 0.05) is 19.0 Å². The van der Waals surface area contributed by atoms with E-state index < -0.39 is 0 Å². The molecule has 0 saturated carbocycles. The number of aryl methyl sites for hydroxylation is 1. The molecule has 0 radical (unpaired) electrons. The van der Waals surface area contributed by atoms with E-state index in [9.17, 15) is 0 Å². The first-order valence-corrected chi connectivity index (χ1v) is 6.86. The third-order valence-corrected chi connectivity index (χ3v) is 3.70. The first-order chi connectivity index (χ1) is 8.16. The summed E-state index contributed by atoms with van der Waals surface area (Å²) < 4.78 is 0. The van der Waals surface area contributed by atoms with Crippen LogP contribution < -0.4 is 5.32 Å². The first-order valence-electron chi connectivity index (χ1n) is 5.98. The number of H-pyrrole nitrogens is 1. The fraction of sp³-hybridized carbons (Fsp3) is 0.462. The van der Waals surface area contributed by atoms with E-state index in [-0.39, 0.29) is 0 Å². The van der Waals surface area contributed by atoms with E-state index in [0.717, 1.165) is 24.5 Å². The molecule has 0 fully saturated rings. The minimum absolute atomic E-state index is 0.531. The molecule has 2 heterocycles. The second kappa shape index (κ2) is 5.47. The Hall–Kier alpha value is -1.13. The number of imidazole rings is 1. The predicted molar refractivity (Wildman–Crippen MR) is 73.5 cm³/mol. The van der Waals surface area contributed by atoms with Crippen LogP contribution in [0.1, 0.15) is 25.2 Å². The SMILES string of the molecule is Cc1ccsc1-c1cnc(CCNC(C)C)[nH]1. The normalized spacial score (nSPS) is 11.3. The van der Waals surface area contributed by atoms with E-state index in [0.29, 0.717) is 6.04 Å². The summed E-state index contributed by atoms with van der Waals surface area (Å²) in [5.74, 6) is 1.06. The molecule has 2 aromatic rings. The maximum atomic E-state index is 4.42. The average molecular weight is 249 g/mol.